The standard InChI is InChI=1S/C17H20O4.C5H8O2.C4H6O2/c1-13(7-6-12-18)16(19)21-17(20)14(2)10-11-15-8-4-3-5-9-15;1-4(2)5(6)7-3;1-3(2)4(5)6/h3-5,8-9,18H,1-2,6-7,10-12H2;1H2,2-3H3;1H2,2H3,(H,5,6). The Morgan fingerprint density at radius 2 is 1.29 bits per heavy atom. The lowest BCUT2D eigenvalue weighted by Crippen LogP contribution is -2.16. The van der Waals surface area contributed by atoms with Gasteiger partial charge in [-0.15, -0.1) is 0 Å². The van der Waals surface area contributed by atoms with Gasteiger partial charge in [-0.1, -0.05) is 56.6 Å². The maximum atomic E-state index is 11.7. The van der Waals surface area contributed by atoms with Crippen LogP contribution in [0.1, 0.15) is 38.7 Å². The summed E-state index contributed by atoms with van der Waals surface area (Å²) in [5.74, 6) is -2.76. The van der Waals surface area contributed by atoms with Crippen molar-refractivity contribution in [1.29, 1.82) is 0 Å². The molecule has 34 heavy (non-hydrogen) atoms. The fraction of sp³-hybridized carbons (Fsp3) is 0.308. The number of esters is 3. The Morgan fingerprint density at radius 3 is 1.65 bits per heavy atom. The minimum atomic E-state index is -0.935. The molecule has 186 valence electrons. The Balaban J connectivity index is 0. The maximum Gasteiger partial charge on any atom is 0.341 e. The van der Waals surface area contributed by atoms with Gasteiger partial charge in [0.15, 0.2) is 0 Å². The number of carboxylic acids is 1. The number of hydrogen-bond donors (Lipinski definition) is 2. The van der Waals surface area contributed by atoms with Crippen molar-refractivity contribution in [3.8, 4) is 0 Å². The van der Waals surface area contributed by atoms with Gasteiger partial charge in [-0.2, -0.15) is 0 Å². The third-order valence-corrected chi connectivity index (χ3v) is 3.86. The van der Waals surface area contributed by atoms with Crippen LogP contribution in [0.25, 0.3) is 0 Å². The number of ether oxygens (including phenoxy) is 2. The van der Waals surface area contributed by atoms with Crippen molar-refractivity contribution >= 4 is 23.9 Å². The second kappa shape index (κ2) is 18.8. The first-order valence-corrected chi connectivity index (χ1v) is 10.3. The average Bonchev–Trinajstić information content (AvgIpc) is 2.81. The van der Waals surface area contributed by atoms with Crippen LogP contribution in [-0.4, -0.2) is 47.8 Å². The van der Waals surface area contributed by atoms with E-state index < -0.39 is 17.9 Å². The number of aliphatic hydroxyl groups excluding tert-OH is 1. The van der Waals surface area contributed by atoms with E-state index >= 15 is 0 Å². The van der Waals surface area contributed by atoms with Crippen LogP contribution in [0.4, 0.5) is 0 Å². The predicted octanol–water partition coefficient (Wildman–Crippen LogP) is 3.96. The molecule has 0 bridgehead atoms. The average molecular weight is 475 g/mol. The van der Waals surface area contributed by atoms with Crippen LogP contribution in [0.2, 0.25) is 0 Å². The third kappa shape index (κ3) is 16.9. The predicted molar refractivity (Wildman–Crippen MR) is 130 cm³/mol. The second-order valence-electron chi connectivity index (χ2n) is 7.05. The largest absolute Gasteiger partial charge is 0.478 e. The summed E-state index contributed by atoms with van der Waals surface area (Å²) in [5, 5.41) is 16.6. The lowest BCUT2D eigenvalue weighted by Gasteiger charge is -2.07. The number of benzene rings is 1. The Bertz CT molecular complexity index is 869. The molecule has 1 aromatic carbocycles. The van der Waals surface area contributed by atoms with Gasteiger partial charge < -0.3 is 19.7 Å². The Hall–Kier alpha value is -3.78. The first-order chi connectivity index (χ1) is 15.9. The van der Waals surface area contributed by atoms with Crippen LogP contribution in [-0.2, 0) is 35.1 Å². The first-order valence-electron chi connectivity index (χ1n) is 10.3. The van der Waals surface area contributed by atoms with E-state index in [9.17, 15) is 19.2 Å². The van der Waals surface area contributed by atoms with E-state index in [0.29, 0.717) is 31.3 Å². The number of aliphatic carboxylic acids is 1. The van der Waals surface area contributed by atoms with Crippen molar-refractivity contribution in [2.75, 3.05) is 13.7 Å². The van der Waals surface area contributed by atoms with Gasteiger partial charge in [0.1, 0.15) is 0 Å². The highest BCUT2D eigenvalue weighted by molar-refractivity contribution is 6.01. The topological polar surface area (TPSA) is 127 Å². The lowest BCUT2D eigenvalue weighted by atomic mass is 10.1. The van der Waals surface area contributed by atoms with Gasteiger partial charge in [-0.3, -0.25) is 0 Å². The summed E-state index contributed by atoms with van der Waals surface area (Å²) in [6, 6.07) is 9.68. The lowest BCUT2D eigenvalue weighted by molar-refractivity contribution is -0.154. The second-order valence-corrected chi connectivity index (χ2v) is 7.05. The van der Waals surface area contributed by atoms with Crippen molar-refractivity contribution < 1.29 is 38.9 Å². The van der Waals surface area contributed by atoms with Crippen LogP contribution in [0.5, 0.6) is 0 Å². The molecule has 0 aliphatic carbocycles. The van der Waals surface area contributed by atoms with Gasteiger partial charge in [-0.25, -0.2) is 19.2 Å². The highest BCUT2D eigenvalue weighted by Crippen LogP contribution is 2.11. The molecule has 8 nitrogen and oxygen atoms in total. The van der Waals surface area contributed by atoms with Crippen LogP contribution >= 0.6 is 0 Å². The van der Waals surface area contributed by atoms with E-state index in [2.05, 4.69) is 31.1 Å². The van der Waals surface area contributed by atoms with E-state index in [-0.39, 0.29) is 29.3 Å². The number of methoxy groups -OCH3 is 1. The molecule has 1 rings (SSSR count). The minimum absolute atomic E-state index is 0.0377. The SMILES string of the molecule is C=C(C)C(=O)O.C=C(C)C(=O)OC.C=C(CCCO)C(=O)OC(=O)C(=C)CCc1ccccc1. The van der Waals surface area contributed by atoms with E-state index in [0.717, 1.165) is 5.56 Å². The zero-order chi connectivity index (χ0) is 26.7. The van der Waals surface area contributed by atoms with Gasteiger partial charge in [0, 0.05) is 28.9 Å². The van der Waals surface area contributed by atoms with Crippen molar-refractivity contribution in [2.45, 2.75) is 39.5 Å². The maximum absolute atomic E-state index is 11.7. The van der Waals surface area contributed by atoms with E-state index in [1.165, 1.54) is 14.0 Å². The summed E-state index contributed by atoms with van der Waals surface area (Å²) in [5.41, 5.74) is 2.12. The summed E-state index contributed by atoms with van der Waals surface area (Å²) < 4.78 is 8.97. The van der Waals surface area contributed by atoms with Crippen molar-refractivity contribution in [2.24, 2.45) is 0 Å². The normalized spacial score (nSPS) is 9.06. The molecule has 8 heteroatoms. The van der Waals surface area contributed by atoms with Crippen LogP contribution in [0, 0.1) is 0 Å². The van der Waals surface area contributed by atoms with Crippen LogP contribution < -0.4 is 0 Å². The van der Waals surface area contributed by atoms with Crippen molar-refractivity contribution in [3.05, 3.63) is 84.5 Å². The molecule has 0 saturated heterocycles. The molecule has 0 spiro atoms. The van der Waals surface area contributed by atoms with Crippen molar-refractivity contribution in [3.63, 3.8) is 0 Å². The molecular formula is C26H34O8. The molecule has 0 aliphatic heterocycles. The van der Waals surface area contributed by atoms with Gasteiger partial charge in [0.05, 0.1) is 7.11 Å². The molecule has 0 aliphatic rings. The van der Waals surface area contributed by atoms with Crippen LogP contribution in [0.15, 0.2) is 78.9 Å². The van der Waals surface area contributed by atoms with Gasteiger partial charge in [0.2, 0.25) is 0 Å². The molecule has 0 fully saturated rings. The highest BCUT2D eigenvalue weighted by atomic mass is 16.6. The third-order valence-electron chi connectivity index (χ3n) is 3.86. The van der Waals surface area contributed by atoms with Gasteiger partial charge in [-0.05, 0) is 45.1 Å². The van der Waals surface area contributed by atoms with E-state index in [4.69, 9.17) is 14.9 Å². The zero-order valence-corrected chi connectivity index (χ0v) is 20.1. The summed E-state index contributed by atoms with van der Waals surface area (Å²) in [4.78, 5) is 43.1. The van der Waals surface area contributed by atoms with E-state index in [1.54, 1.807) is 6.92 Å². The fourth-order valence-electron chi connectivity index (χ4n) is 1.84. The summed E-state index contributed by atoms with van der Waals surface area (Å²) in [7, 11) is 1.33. The zero-order valence-electron chi connectivity index (χ0n) is 20.1. The molecule has 0 radical (unpaired) electrons. The number of carbonyl (C=O) groups is 4. The smallest absolute Gasteiger partial charge is 0.341 e. The quantitative estimate of drug-likeness (QED) is 0.296. The number of carboxylic acid groups (broad SMARTS) is 1. The monoisotopic (exact) mass is 474 g/mol. The van der Waals surface area contributed by atoms with Gasteiger partial charge in [0.25, 0.3) is 0 Å². The number of rotatable bonds is 10. The minimum Gasteiger partial charge on any atom is -0.478 e. The summed E-state index contributed by atoms with van der Waals surface area (Å²) in [6.07, 6.45) is 1.81. The summed E-state index contributed by atoms with van der Waals surface area (Å²) >= 11 is 0. The molecule has 0 aromatic heterocycles. The fourth-order valence-corrected chi connectivity index (χ4v) is 1.84. The number of aryl methyl sites for hydroxylation is 1. The molecule has 0 unspecified atom stereocenters. The number of carbonyl (C=O) groups excluding carboxylic acids is 3. The first kappa shape index (κ1) is 32.4. The molecule has 0 amide bonds. The molecule has 0 atom stereocenters. The molecule has 2 N–H and O–H groups in total. The Kier molecular flexibility index (Phi) is 17.9. The van der Waals surface area contributed by atoms with Crippen LogP contribution in [0.3, 0.4) is 0 Å². The number of aliphatic hydroxyl groups is 1. The number of hydrogen-bond acceptors (Lipinski definition) is 7. The van der Waals surface area contributed by atoms with E-state index in [1.807, 2.05) is 30.3 Å². The molecule has 1 aromatic rings. The highest BCUT2D eigenvalue weighted by Gasteiger charge is 2.16. The molecule has 0 heterocycles. The molecular weight excluding hydrogens is 440 g/mol. The Morgan fingerprint density at radius 1 is 0.824 bits per heavy atom. The summed E-state index contributed by atoms with van der Waals surface area (Å²) in [6.45, 7) is 16.7. The molecule has 0 saturated carbocycles. The van der Waals surface area contributed by atoms with Gasteiger partial charge >= 0.3 is 23.9 Å². The Labute approximate surface area is 200 Å². The van der Waals surface area contributed by atoms with Crippen molar-refractivity contribution in [1.82, 2.24) is 0 Å².